The standard InChI is InChI=1S/C32H37NO5/c1-6-28(30(35)20-9-12-24(34)13-10-20)33-29-19-25(37-5)15-16-27(29)23-8-7-22-18-26(14-11-21(22)17-23)38-31(36)32(2,3)4/h9-16,18-19,23,28,33-34H,6-8,17H2,1-5H3. The summed E-state index contributed by atoms with van der Waals surface area (Å²) in [5, 5.41) is 13.1. The molecular formula is C32H37NO5. The van der Waals surface area contributed by atoms with Crippen molar-refractivity contribution in [2.45, 2.75) is 65.3 Å². The quantitative estimate of drug-likeness (QED) is 0.197. The molecule has 0 fully saturated rings. The molecule has 6 heteroatoms. The molecule has 2 N–H and O–H groups in total. The van der Waals surface area contributed by atoms with Crippen molar-refractivity contribution in [3.8, 4) is 17.2 Å². The Labute approximate surface area is 225 Å². The first-order valence-electron chi connectivity index (χ1n) is 13.2. The first kappa shape index (κ1) is 27.2. The van der Waals surface area contributed by atoms with Crippen molar-refractivity contribution >= 4 is 17.4 Å². The minimum atomic E-state index is -0.557. The molecule has 0 bridgehead atoms. The van der Waals surface area contributed by atoms with Crippen LogP contribution < -0.4 is 14.8 Å². The first-order chi connectivity index (χ1) is 18.1. The Kier molecular flexibility index (Phi) is 8.10. The third-order valence-electron chi connectivity index (χ3n) is 7.14. The zero-order valence-corrected chi connectivity index (χ0v) is 22.8. The number of methoxy groups -OCH3 is 1. The van der Waals surface area contributed by atoms with Crippen molar-refractivity contribution in [2.24, 2.45) is 5.41 Å². The van der Waals surface area contributed by atoms with E-state index in [2.05, 4.69) is 17.4 Å². The van der Waals surface area contributed by atoms with Crippen LogP contribution in [0.4, 0.5) is 5.69 Å². The number of benzene rings is 3. The zero-order chi connectivity index (χ0) is 27.4. The van der Waals surface area contributed by atoms with E-state index in [0.29, 0.717) is 17.7 Å². The lowest BCUT2D eigenvalue weighted by Gasteiger charge is -2.29. The predicted octanol–water partition coefficient (Wildman–Crippen LogP) is 6.70. The van der Waals surface area contributed by atoms with Crippen LogP contribution in [0.1, 0.15) is 73.5 Å². The summed E-state index contributed by atoms with van der Waals surface area (Å²) >= 11 is 0. The van der Waals surface area contributed by atoms with Crippen molar-refractivity contribution in [3.05, 3.63) is 82.9 Å². The highest BCUT2D eigenvalue weighted by molar-refractivity contribution is 6.01. The number of aryl methyl sites for hydroxylation is 1. The molecule has 0 heterocycles. The minimum Gasteiger partial charge on any atom is -0.508 e. The molecule has 200 valence electrons. The molecule has 2 atom stereocenters. The molecule has 0 amide bonds. The van der Waals surface area contributed by atoms with E-state index in [1.807, 2.05) is 52.0 Å². The number of Topliss-reactive ketones (excluding diaryl/α,β-unsaturated/α-hetero) is 1. The molecule has 4 rings (SSSR count). The van der Waals surface area contributed by atoms with Crippen LogP contribution in [0.25, 0.3) is 0 Å². The highest BCUT2D eigenvalue weighted by atomic mass is 16.5. The van der Waals surface area contributed by atoms with E-state index < -0.39 is 11.5 Å². The fourth-order valence-corrected chi connectivity index (χ4v) is 4.83. The first-order valence-corrected chi connectivity index (χ1v) is 13.2. The van der Waals surface area contributed by atoms with Gasteiger partial charge in [0.05, 0.1) is 18.6 Å². The molecule has 0 aliphatic heterocycles. The number of nitrogens with one attached hydrogen (secondary N) is 1. The second kappa shape index (κ2) is 11.3. The average molecular weight is 516 g/mol. The van der Waals surface area contributed by atoms with Gasteiger partial charge in [-0.25, -0.2) is 0 Å². The SMILES string of the molecule is CCC(Nc1cc(OC)ccc1C1CCc2cc(OC(=O)C(C)(C)C)ccc2C1)C(=O)c1ccc(O)cc1. The van der Waals surface area contributed by atoms with Gasteiger partial charge in [-0.1, -0.05) is 19.1 Å². The number of ketones is 1. The maximum Gasteiger partial charge on any atom is 0.316 e. The number of rotatable bonds is 8. The highest BCUT2D eigenvalue weighted by Crippen LogP contribution is 2.39. The summed E-state index contributed by atoms with van der Waals surface area (Å²) in [5.74, 6) is 1.45. The maximum atomic E-state index is 13.3. The van der Waals surface area contributed by atoms with Gasteiger partial charge in [0.15, 0.2) is 5.78 Å². The van der Waals surface area contributed by atoms with Crippen LogP contribution in [-0.4, -0.2) is 30.0 Å². The van der Waals surface area contributed by atoms with E-state index in [1.165, 1.54) is 23.3 Å². The van der Waals surface area contributed by atoms with Crippen LogP contribution in [0, 0.1) is 5.41 Å². The zero-order valence-electron chi connectivity index (χ0n) is 22.8. The molecule has 0 saturated carbocycles. The van der Waals surface area contributed by atoms with Crippen LogP contribution in [0.2, 0.25) is 0 Å². The number of carbonyl (C=O) groups excluding carboxylic acids is 2. The van der Waals surface area contributed by atoms with Gasteiger partial charge in [0.1, 0.15) is 17.2 Å². The van der Waals surface area contributed by atoms with E-state index in [4.69, 9.17) is 9.47 Å². The van der Waals surface area contributed by atoms with Gasteiger partial charge in [0.25, 0.3) is 0 Å². The van der Waals surface area contributed by atoms with Crippen LogP contribution in [0.3, 0.4) is 0 Å². The van der Waals surface area contributed by atoms with E-state index >= 15 is 0 Å². The van der Waals surface area contributed by atoms with Gasteiger partial charge in [-0.2, -0.15) is 0 Å². The summed E-state index contributed by atoms with van der Waals surface area (Å²) in [5.41, 5.74) is 4.49. The van der Waals surface area contributed by atoms with Gasteiger partial charge in [0, 0.05) is 17.3 Å². The molecule has 1 aliphatic carbocycles. The number of esters is 1. The summed E-state index contributed by atoms with van der Waals surface area (Å²) in [6.07, 6.45) is 3.27. The Morgan fingerprint density at radius 3 is 2.37 bits per heavy atom. The summed E-state index contributed by atoms with van der Waals surface area (Å²) in [4.78, 5) is 25.6. The molecule has 3 aromatic carbocycles. The van der Waals surface area contributed by atoms with Crippen LogP contribution >= 0.6 is 0 Å². The number of hydrogen-bond acceptors (Lipinski definition) is 6. The van der Waals surface area contributed by atoms with Gasteiger partial charge in [-0.05, 0) is 112 Å². The molecule has 1 aliphatic rings. The van der Waals surface area contributed by atoms with Crippen molar-refractivity contribution in [1.82, 2.24) is 0 Å². The maximum absolute atomic E-state index is 13.3. The molecule has 0 saturated heterocycles. The summed E-state index contributed by atoms with van der Waals surface area (Å²) in [6.45, 7) is 7.53. The fourth-order valence-electron chi connectivity index (χ4n) is 4.83. The third kappa shape index (κ3) is 6.18. The molecule has 0 radical (unpaired) electrons. The number of phenols is 1. The molecule has 2 unspecified atom stereocenters. The van der Waals surface area contributed by atoms with Gasteiger partial charge >= 0.3 is 5.97 Å². The monoisotopic (exact) mass is 515 g/mol. The molecule has 3 aromatic rings. The van der Waals surface area contributed by atoms with Crippen molar-refractivity contribution in [2.75, 3.05) is 12.4 Å². The van der Waals surface area contributed by atoms with E-state index in [9.17, 15) is 14.7 Å². The second-order valence-electron chi connectivity index (χ2n) is 11.0. The van der Waals surface area contributed by atoms with Crippen LogP contribution in [0.15, 0.2) is 60.7 Å². The van der Waals surface area contributed by atoms with E-state index in [0.717, 1.165) is 36.3 Å². The number of phenolic OH excluding ortho intramolecular Hbond substituents is 1. The normalized spacial score (nSPS) is 15.8. The molecular weight excluding hydrogens is 478 g/mol. The summed E-state index contributed by atoms with van der Waals surface area (Å²) in [6, 6.07) is 17.9. The summed E-state index contributed by atoms with van der Waals surface area (Å²) < 4.78 is 11.1. The topological polar surface area (TPSA) is 84.9 Å². The minimum absolute atomic E-state index is 0.0207. The van der Waals surface area contributed by atoms with E-state index in [-0.39, 0.29) is 23.4 Å². The van der Waals surface area contributed by atoms with Gasteiger partial charge in [-0.15, -0.1) is 0 Å². The number of hydrogen-bond donors (Lipinski definition) is 2. The van der Waals surface area contributed by atoms with Crippen molar-refractivity contribution in [1.29, 1.82) is 0 Å². The lowest BCUT2D eigenvalue weighted by molar-refractivity contribution is -0.143. The Morgan fingerprint density at radius 2 is 1.71 bits per heavy atom. The highest BCUT2D eigenvalue weighted by Gasteiger charge is 2.27. The molecule has 0 spiro atoms. The third-order valence-corrected chi connectivity index (χ3v) is 7.14. The lowest BCUT2D eigenvalue weighted by Crippen LogP contribution is -2.30. The van der Waals surface area contributed by atoms with Gasteiger partial charge in [0.2, 0.25) is 0 Å². The molecule has 0 aromatic heterocycles. The Morgan fingerprint density at radius 1 is 1.00 bits per heavy atom. The van der Waals surface area contributed by atoms with Crippen LogP contribution in [0.5, 0.6) is 17.2 Å². The lowest BCUT2D eigenvalue weighted by atomic mass is 9.79. The largest absolute Gasteiger partial charge is 0.508 e. The van der Waals surface area contributed by atoms with E-state index in [1.54, 1.807) is 19.2 Å². The fraction of sp³-hybridized carbons (Fsp3) is 0.375. The van der Waals surface area contributed by atoms with Gasteiger partial charge < -0.3 is 19.9 Å². The molecule has 38 heavy (non-hydrogen) atoms. The Hall–Kier alpha value is -3.80. The smallest absolute Gasteiger partial charge is 0.316 e. The summed E-state index contributed by atoms with van der Waals surface area (Å²) in [7, 11) is 1.64. The Balaban J connectivity index is 1.56. The number of ether oxygens (including phenoxy) is 2. The second-order valence-corrected chi connectivity index (χ2v) is 11.0. The number of anilines is 1. The van der Waals surface area contributed by atoms with Gasteiger partial charge in [-0.3, -0.25) is 9.59 Å². The van der Waals surface area contributed by atoms with Crippen molar-refractivity contribution < 1.29 is 24.2 Å². The molecule has 6 nitrogen and oxygen atoms in total. The average Bonchev–Trinajstić information content (AvgIpc) is 2.90. The Bertz CT molecular complexity index is 1310. The number of aromatic hydroxyl groups is 1. The number of carbonyl (C=O) groups is 2. The predicted molar refractivity (Wildman–Crippen MR) is 149 cm³/mol. The number of fused-ring (bicyclic) bond motifs is 1. The van der Waals surface area contributed by atoms with Crippen LogP contribution in [-0.2, 0) is 17.6 Å². The van der Waals surface area contributed by atoms with Crippen molar-refractivity contribution in [3.63, 3.8) is 0 Å².